The first-order chi connectivity index (χ1) is 17.9. The van der Waals surface area contributed by atoms with Crippen molar-refractivity contribution >= 4 is 16.9 Å². The molecule has 37 heavy (non-hydrogen) atoms. The van der Waals surface area contributed by atoms with E-state index in [1.165, 1.54) is 12.1 Å². The number of halogens is 1. The zero-order valence-electron chi connectivity index (χ0n) is 21.4. The van der Waals surface area contributed by atoms with Gasteiger partial charge in [0.1, 0.15) is 17.7 Å². The average molecular weight is 492 g/mol. The zero-order valence-corrected chi connectivity index (χ0v) is 21.4. The lowest BCUT2D eigenvalue weighted by Gasteiger charge is -2.27. The molecule has 0 bridgehead atoms. The third-order valence-corrected chi connectivity index (χ3v) is 6.90. The summed E-state index contributed by atoms with van der Waals surface area (Å²) in [4.78, 5) is 21.0. The highest BCUT2D eigenvalue weighted by molar-refractivity contribution is 5.87. The minimum Gasteiger partial charge on any atom is -0.339 e. The van der Waals surface area contributed by atoms with Gasteiger partial charge >= 0.3 is 0 Å². The Bertz CT molecular complexity index is 1530. The summed E-state index contributed by atoms with van der Waals surface area (Å²) >= 11 is 0. The lowest BCUT2D eigenvalue weighted by molar-refractivity contribution is -0.132. The fourth-order valence-corrected chi connectivity index (χ4v) is 4.78. The van der Waals surface area contributed by atoms with Crippen LogP contribution in [0.4, 0.5) is 4.39 Å². The molecule has 5 rings (SSSR count). The van der Waals surface area contributed by atoms with Crippen molar-refractivity contribution in [2.75, 3.05) is 7.05 Å². The van der Waals surface area contributed by atoms with Gasteiger partial charge in [-0.15, -0.1) is 0 Å². The lowest BCUT2D eigenvalue weighted by Crippen LogP contribution is -2.35. The standard InChI is InChI=1S/C32H30FN3O/c1-22-18-28-29(19-23(22)2)36(30(34-28)20-24-14-16-27(33)17-15-24)31(26-12-8-5-9-13-26)32(37)35(3)21-25-10-6-4-7-11-25/h4-19,31H,20-21H2,1-3H3/t31-/m1/s1. The minimum absolute atomic E-state index is 0.0204. The molecule has 0 radical (unpaired) electrons. The van der Waals surface area contributed by atoms with Crippen LogP contribution in [0.3, 0.4) is 0 Å². The van der Waals surface area contributed by atoms with Crippen LogP contribution in [0.1, 0.15) is 39.7 Å². The first-order valence-corrected chi connectivity index (χ1v) is 12.5. The number of carbonyl (C=O) groups excluding carboxylic acids is 1. The fourth-order valence-electron chi connectivity index (χ4n) is 4.78. The smallest absolute Gasteiger partial charge is 0.250 e. The molecular weight excluding hydrogens is 461 g/mol. The van der Waals surface area contributed by atoms with Crippen molar-refractivity contribution in [3.63, 3.8) is 0 Å². The molecule has 0 N–H and O–H groups in total. The number of imidazole rings is 1. The van der Waals surface area contributed by atoms with Crippen LogP contribution in [-0.4, -0.2) is 27.4 Å². The Morgan fingerprint density at radius 3 is 2.16 bits per heavy atom. The summed E-state index contributed by atoms with van der Waals surface area (Å²) in [6.45, 7) is 4.65. The average Bonchev–Trinajstić information content (AvgIpc) is 3.23. The summed E-state index contributed by atoms with van der Waals surface area (Å²) in [5.74, 6) is 0.471. The molecule has 5 aromatic rings. The SMILES string of the molecule is Cc1cc2nc(Cc3ccc(F)cc3)n([C@@H](C(=O)N(C)Cc3ccccc3)c3ccccc3)c2cc1C. The van der Waals surface area contributed by atoms with Crippen LogP contribution in [0.25, 0.3) is 11.0 Å². The molecule has 0 spiro atoms. The maximum Gasteiger partial charge on any atom is 0.250 e. The number of hydrogen-bond acceptors (Lipinski definition) is 2. The van der Waals surface area contributed by atoms with Gasteiger partial charge in [-0.2, -0.15) is 0 Å². The molecule has 4 nitrogen and oxygen atoms in total. The number of nitrogens with zero attached hydrogens (tertiary/aromatic N) is 3. The molecule has 0 saturated heterocycles. The molecule has 0 aliphatic carbocycles. The number of amides is 1. The molecule has 0 saturated carbocycles. The molecule has 5 heteroatoms. The van der Waals surface area contributed by atoms with Crippen LogP contribution < -0.4 is 0 Å². The highest BCUT2D eigenvalue weighted by Crippen LogP contribution is 2.31. The van der Waals surface area contributed by atoms with Gasteiger partial charge in [0.25, 0.3) is 0 Å². The second-order valence-corrected chi connectivity index (χ2v) is 9.62. The summed E-state index contributed by atoms with van der Waals surface area (Å²) in [5.41, 5.74) is 6.94. The highest BCUT2D eigenvalue weighted by Gasteiger charge is 2.30. The van der Waals surface area contributed by atoms with Crippen molar-refractivity contribution in [1.29, 1.82) is 0 Å². The maximum absolute atomic E-state index is 14.2. The molecule has 1 heterocycles. The second-order valence-electron chi connectivity index (χ2n) is 9.62. The number of benzene rings is 4. The van der Waals surface area contributed by atoms with Gasteiger partial charge in [0.05, 0.1) is 11.0 Å². The normalized spacial score (nSPS) is 12.0. The highest BCUT2D eigenvalue weighted by atomic mass is 19.1. The van der Waals surface area contributed by atoms with E-state index in [0.717, 1.165) is 44.7 Å². The Morgan fingerprint density at radius 1 is 0.865 bits per heavy atom. The van der Waals surface area contributed by atoms with E-state index in [-0.39, 0.29) is 11.7 Å². The fraction of sp³-hybridized carbons (Fsp3) is 0.188. The molecule has 1 amide bonds. The van der Waals surface area contributed by atoms with E-state index in [1.807, 2.05) is 67.7 Å². The largest absolute Gasteiger partial charge is 0.339 e. The van der Waals surface area contributed by atoms with Gasteiger partial charge in [-0.1, -0.05) is 72.8 Å². The van der Waals surface area contributed by atoms with Gasteiger partial charge in [0, 0.05) is 20.0 Å². The van der Waals surface area contributed by atoms with E-state index in [2.05, 4.69) is 30.5 Å². The molecule has 0 fully saturated rings. The number of likely N-dealkylation sites (N-methyl/N-ethyl adjacent to an activating group) is 1. The number of carbonyl (C=O) groups is 1. The lowest BCUT2D eigenvalue weighted by atomic mass is 10.0. The summed E-state index contributed by atoms with van der Waals surface area (Å²) in [5, 5.41) is 0. The Morgan fingerprint density at radius 2 is 1.49 bits per heavy atom. The Kier molecular flexibility index (Phi) is 6.87. The van der Waals surface area contributed by atoms with Gasteiger partial charge in [0.2, 0.25) is 5.91 Å². The summed E-state index contributed by atoms with van der Waals surface area (Å²) < 4.78 is 15.7. The minimum atomic E-state index is -0.600. The van der Waals surface area contributed by atoms with Crippen molar-refractivity contribution in [3.8, 4) is 0 Å². The van der Waals surface area contributed by atoms with E-state index in [4.69, 9.17) is 4.98 Å². The number of fused-ring (bicyclic) bond motifs is 1. The third-order valence-electron chi connectivity index (χ3n) is 6.90. The Labute approximate surface area is 217 Å². The maximum atomic E-state index is 14.2. The Hall–Kier alpha value is -4.25. The summed E-state index contributed by atoms with van der Waals surface area (Å²) in [7, 11) is 1.85. The number of hydrogen-bond donors (Lipinski definition) is 0. The molecule has 0 unspecified atom stereocenters. The first kappa shape index (κ1) is 24.4. The van der Waals surface area contributed by atoms with Crippen LogP contribution >= 0.6 is 0 Å². The van der Waals surface area contributed by atoms with Crippen LogP contribution in [-0.2, 0) is 17.8 Å². The molecule has 0 aliphatic rings. The topological polar surface area (TPSA) is 38.1 Å². The van der Waals surface area contributed by atoms with Crippen molar-refractivity contribution in [1.82, 2.24) is 14.5 Å². The van der Waals surface area contributed by atoms with Gasteiger partial charge in [0.15, 0.2) is 0 Å². The molecule has 1 aromatic heterocycles. The van der Waals surface area contributed by atoms with Crippen molar-refractivity contribution in [2.45, 2.75) is 32.9 Å². The number of aromatic nitrogens is 2. The molecule has 0 aliphatic heterocycles. The molecule has 4 aromatic carbocycles. The van der Waals surface area contributed by atoms with Gasteiger partial charge < -0.3 is 9.47 Å². The van der Waals surface area contributed by atoms with Crippen molar-refractivity contribution in [3.05, 3.63) is 137 Å². The van der Waals surface area contributed by atoms with E-state index in [9.17, 15) is 9.18 Å². The first-order valence-electron chi connectivity index (χ1n) is 12.5. The number of aryl methyl sites for hydroxylation is 2. The molecule has 1 atom stereocenters. The van der Waals surface area contributed by atoms with E-state index >= 15 is 0 Å². The van der Waals surface area contributed by atoms with Crippen molar-refractivity contribution in [2.24, 2.45) is 0 Å². The molecule has 186 valence electrons. The summed E-state index contributed by atoms with van der Waals surface area (Å²) in [6.07, 6.45) is 0.478. The Balaban J connectivity index is 1.66. The van der Waals surface area contributed by atoms with E-state index < -0.39 is 6.04 Å². The van der Waals surface area contributed by atoms with Gasteiger partial charge in [-0.05, 0) is 65.9 Å². The van der Waals surface area contributed by atoms with Crippen LogP contribution in [0, 0.1) is 19.7 Å². The number of rotatable bonds is 7. The van der Waals surface area contributed by atoms with Crippen LogP contribution in [0.5, 0.6) is 0 Å². The van der Waals surface area contributed by atoms with E-state index in [1.54, 1.807) is 17.0 Å². The third kappa shape index (κ3) is 5.17. The van der Waals surface area contributed by atoms with Crippen LogP contribution in [0.15, 0.2) is 97.1 Å². The zero-order chi connectivity index (χ0) is 25.9. The predicted octanol–water partition coefficient (Wildman–Crippen LogP) is 6.63. The van der Waals surface area contributed by atoms with E-state index in [0.29, 0.717) is 13.0 Å². The van der Waals surface area contributed by atoms with Gasteiger partial charge in [-0.25, -0.2) is 9.37 Å². The van der Waals surface area contributed by atoms with Crippen LogP contribution in [0.2, 0.25) is 0 Å². The van der Waals surface area contributed by atoms with Gasteiger partial charge in [-0.3, -0.25) is 4.79 Å². The summed E-state index contributed by atoms with van der Waals surface area (Å²) in [6, 6.07) is 29.9. The second kappa shape index (κ2) is 10.4. The predicted molar refractivity (Wildman–Crippen MR) is 146 cm³/mol. The van der Waals surface area contributed by atoms with Crippen molar-refractivity contribution < 1.29 is 9.18 Å². The monoisotopic (exact) mass is 491 g/mol. The quantitative estimate of drug-likeness (QED) is 0.256. The molecular formula is C32H30FN3O.